The Kier molecular flexibility index (Phi) is 5.58. The van der Waals surface area contributed by atoms with Crippen molar-refractivity contribution in [1.82, 2.24) is 25.3 Å². The normalized spacial score (nSPS) is 10.5. The summed E-state index contributed by atoms with van der Waals surface area (Å²) >= 11 is 0. The molecule has 134 valence electrons. The second-order valence-electron chi connectivity index (χ2n) is 5.89. The van der Waals surface area contributed by atoms with Crippen LogP contribution in [0.15, 0.2) is 48.9 Å². The highest BCUT2D eigenvalue weighted by molar-refractivity contribution is 5.94. The molecular formula is C19H21N5O2. The number of rotatable bonds is 7. The van der Waals surface area contributed by atoms with Crippen molar-refractivity contribution >= 4 is 5.91 Å². The number of benzene rings is 1. The molecule has 3 aromatic rings. The number of nitrogens with zero attached hydrogens (tertiary/aromatic N) is 4. The van der Waals surface area contributed by atoms with E-state index in [0.717, 1.165) is 29.7 Å². The summed E-state index contributed by atoms with van der Waals surface area (Å²) in [5.74, 6) is 0.507. The maximum Gasteiger partial charge on any atom is 0.251 e. The van der Waals surface area contributed by atoms with Crippen LogP contribution in [0.2, 0.25) is 0 Å². The van der Waals surface area contributed by atoms with Crippen LogP contribution in [-0.2, 0) is 6.54 Å². The second-order valence-corrected chi connectivity index (χ2v) is 5.89. The van der Waals surface area contributed by atoms with Gasteiger partial charge in [-0.15, -0.1) is 5.10 Å². The lowest BCUT2D eigenvalue weighted by Gasteiger charge is -2.09. The zero-order chi connectivity index (χ0) is 18.4. The van der Waals surface area contributed by atoms with Gasteiger partial charge in [0.15, 0.2) is 0 Å². The monoisotopic (exact) mass is 351 g/mol. The van der Waals surface area contributed by atoms with Crippen LogP contribution >= 0.6 is 0 Å². The molecule has 0 aliphatic rings. The van der Waals surface area contributed by atoms with Gasteiger partial charge in [0.2, 0.25) is 5.88 Å². The van der Waals surface area contributed by atoms with E-state index in [0.29, 0.717) is 18.0 Å². The molecule has 1 N–H and O–H groups in total. The first-order valence-electron chi connectivity index (χ1n) is 8.41. The predicted molar refractivity (Wildman–Crippen MR) is 97.9 cm³/mol. The zero-order valence-electron chi connectivity index (χ0n) is 14.8. The first-order chi connectivity index (χ1) is 12.7. The Bertz CT molecular complexity index is 860. The average molecular weight is 351 g/mol. The zero-order valence-corrected chi connectivity index (χ0v) is 14.8. The van der Waals surface area contributed by atoms with Crippen LogP contribution in [0.3, 0.4) is 0 Å². The first kappa shape index (κ1) is 17.6. The molecule has 0 aliphatic heterocycles. The van der Waals surface area contributed by atoms with Crippen molar-refractivity contribution in [2.75, 3.05) is 13.7 Å². The highest BCUT2D eigenvalue weighted by atomic mass is 16.5. The molecule has 0 spiro atoms. The average Bonchev–Trinajstić information content (AvgIpc) is 3.18. The molecule has 1 amide bonds. The van der Waals surface area contributed by atoms with Gasteiger partial charge in [0.25, 0.3) is 5.91 Å². The molecule has 0 atom stereocenters. The summed E-state index contributed by atoms with van der Waals surface area (Å²) in [6.07, 6.45) is 6.02. The van der Waals surface area contributed by atoms with E-state index in [2.05, 4.69) is 20.6 Å². The number of hydrogen-bond acceptors (Lipinski definition) is 5. The van der Waals surface area contributed by atoms with Crippen LogP contribution in [0.25, 0.3) is 11.1 Å². The van der Waals surface area contributed by atoms with Crippen molar-refractivity contribution in [2.24, 2.45) is 0 Å². The molecule has 3 rings (SSSR count). The molecule has 26 heavy (non-hydrogen) atoms. The van der Waals surface area contributed by atoms with Gasteiger partial charge < -0.3 is 10.1 Å². The minimum atomic E-state index is -0.0836. The highest BCUT2D eigenvalue weighted by Gasteiger charge is 2.08. The predicted octanol–water partition coefficient (Wildman–Crippen LogP) is 2.48. The summed E-state index contributed by atoms with van der Waals surface area (Å²) in [6.45, 7) is 3.32. The molecule has 0 radical (unpaired) electrons. The van der Waals surface area contributed by atoms with Gasteiger partial charge in [0.05, 0.1) is 13.3 Å². The van der Waals surface area contributed by atoms with Crippen LogP contribution in [-0.4, -0.2) is 39.5 Å². The van der Waals surface area contributed by atoms with E-state index in [9.17, 15) is 4.79 Å². The molecule has 2 aromatic heterocycles. The lowest BCUT2D eigenvalue weighted by Crippen LogP contribution is -2.25. The third-order valence-electron chi connectivity index (χ3n) is 4.07. The van der Waals surface area contributed by atoms with Crippen LogP contribution in [0.4, 0.5) is 0 Å². The molecule has 7 nitrogen and oxygen atoms in total. The molecular weight excluding hydrogens is 330 g/mol. The van der Waals surface area contributed by atoms with Gasteiger partial charge in [0.1, 0.15) is 0 Å². The maximum absolute atomic E-state index is 12.2. The Morgan fingerprint density at radius 1 is 1.27 bits per heavy atom. The molecule has 1 aromatic carbocycles. The Balaban J connectivity index is 1.57. The number of aryl methyl sites for hydroxylation is 2. The van der Waals surface area contributed by atoms with Gasteiger partial charge in [0, 0.05) is 42.7 Å². The Hall–Kier alpha value is -3.22. The van der Waals surface area contributed by atoms with Crippen molar-refractivity contribution in [3.05, 3.63) is 60.0 Å². The van der Waals surface area contributed by atoms with Gasteiger partial charge in [-0.05, 0) is 36.6 Å². The Morgan fingerprint density at radius 3 is 2.73 bits per heavy atom. The number of carbonyl (C=O) groups is 1. The lowest BCUT2D eigenvalue weighted by atomic mass is 10.0. The summed E-state index contributed by atoms with van der Waals surface area (Å²) in [7, 11) is 1.60. The Labute approximate surface area is 152 Å². The molecule has 0 saturated carbocycles. The largest absolute Gasteiger partial charge is 0.481 e. The van der Waals surface area contributed by atoms with Gasteiger partial charge in [-0.25, -0.2) is 4.98 Å². The van der Waals surface area contributed by atoms with E-state index in [-0.39, 0.29) is 5.91 Å². The van der Waals surface area contributed by atoms with Gasteiger partial charge in [-0.1, -0.05) is 17.3 Å². The van der Waals surface area contributed by atoms with E-state index in [1.807, 2.05) is 37.3 Å². The molecule has 0 bridgehead atoms. The number of nitrogens with one attached hydrogen (secondary N) is 1. The van der Waals surface area contributed by atoms with Crippen molar-refractivity contribution < 1.29 is 9.53 Å². The van der Waals surface area contributed by atoms with Gasteiger partial charge in [-0.2, -0.15) is 0 Å². The number of hydrogen-bond donors (Lipinski definition) is 1. The van der Waals surface area contributed by atoms with E-state index < -0.39 is 0 Å². The third-order valence-corrected chi connectivity index (χ3v) is 4.07. The molecule has 2 heterocycles. The third kappa shape index (κ3) is 4.24. The number of aromatic nitrogens is 4. The first-order valence-corrected chi connectivity index (χ1v) is 8.41. The van der Waals surface area contributed by atoms with Crippen LogP contribution in [0, 0.1) is 6.92 Å². The fraction of sp³-hybridized carbons (Fsp3) is 0.263. The lowest BCUT2D eigenvalue weighted by molar-refractivity contribution is 0.0952. The van der Waals surface area contributed by atoms with Gasteiger partial charge in [-0.3, -0.25) is 9.48 Å². The minimum absolute atomic E-state index is 0.0836. The number of carbonyl (C=O) groups excluding carboxylic acids is 1. The standard InChI is InChI=1S/C19H21N5O2/c1-14-12-18(26-2)21-13-17(14)15-4-6-16(7-5-15)19(25)20-8-3-10-24-11-9-22-23-24/h4-7,9,11-13H,3,8,10H2,1-2H3,(H,20,25). The highest BCUT2D eigenvalue weighted by Crippen LogP contribution is 2.25. The summed E-state index contributed by atoms with van der Waals surface area (Å²) < 4.78 is 6.88. The Morgan fingerprint density at radius 2 is 2.08 bits per heavy atom. The van der Waals surface area contributed by atoms with Crippen molar-refractivity contribution in [3.63, 3.8) is 0 Å². The summed E-state index contributed by atoms with van der Waals surface area (Å²) in [5.41, 5.74) is 3.74. The second kappa shape index (κ2) is 8.24. The fourth-order valence-electron chi connectivity index (χ4n) is 2.64. The van der Waals surface area contributed by atoms with Crippen LogP contribution in [0.1, 0.15) is 22.3 Å². The van der Waals surface area contributed by atoms with Crippen molar-refractivity contribution in [1.29, 1.82) is 0 Å². The summed E-state index contributed by atoms with van der Waals surface area (Å²) in [5, 5.41) is 10.6. The van der Waals surface area contributed by atoms with Crippen molar-refractivity contribution in [2.45, 2.75) is 19.9 Å². The smallest absolute Gasteiger partial charge is 0.251 e. The fourth-order valence-corrected chi connectivity index (χ4v) is 2.64. The molecule has 0 aliphatic carbocycles. The summed E-state index contributed by atoms with van der Waals surface area (Å²) in [4.78, 5) is 16.5. The van der Waals surface area contributed by atoms with Gasteiger partial charge >= 0.3 is 0 Å². The summed E-state index contributed by atoms with van der Waals surface area (Å²) in [6, 6.07) is 9.41. The van der Waals surface area contributed by atoms with E-state index >= 15 is 0 Å². The molecule has 7 heteroatoms. The molecule has 0 saturated heterocycles. The quantitative estimate of drug-likeness (QED) is 0.661. The SMILES string of the molecule is COc1cc(C)c(-c2ccc(C(=O)NCCCn3ccnn3)cc2)cn1. The topological polar surface area (TPSA) is 81.9 Å². The molecule has 0 fully saturated rings. The maximum atomic E-state index is 12.2. The van der Waals surface area contributed by atoms with E-state index in [1.165, 1.54) is 0 Å². The number of ether oxygens (including phenoxy) is 1. The number of pyridine rings is 1. The van der Waals surface area contributed by atoms with Crippen LogP contribution < -0.4 is 10.1 Å². The van der Waals surface area contributed by atoms with Crippen LogP contribution in [0.5, 0.6) is 5.88 Å². The molecule has 0 unspecified atom stereocenters. The van der Waals surface area contributed by atoms with E-state index in [1.54, 1.807) is 30.4 Å². The minimum Gasteiger partial charge on any atom is -0.481 e. The van der Waals surface area contributed by atoms with E-state index in [4.69, 9.17) is 4.74 Å². The number of amides is 1. The number of methoxy groups -OCH3 is 1. The van der Waals surface area contributed by atoms with Crippen molar-refractivity contribution in [3.8, 4) is 17.0 Å².